The van der Waals surface area contributed by atoms with Crippen molar-refractivity contribution in [2.45, 2.75) is 45.8 Å². The number of esters is 1. The van der Waals surface area contributed by atoms with Crippen LogP contribution in [-0.4, -0.2) is 61.7 Å². The molecule has 0 radical (unpaired) electrons. The molecule has 32 heavy (non-hydrogen) atoms. The second-order valence-electron chi connectivity index (χ2n) is 8.14. The van der Waals surface area contributed by atoms with Gasteiger partial charge in [-0.3, -0.25) is 9.59 Å². The fraction of sp³-hybridized carbons (Fsp3) is 0.458. The first-order valence-corrected chi connectivity index (χ1v) is 10.8. The van der Waals surface area contributed by atoms with E-state index in [0.717, 1.165) is 18.4 Å². The van der Waals surface area contributed by atoms with Crippen LogP contribution in [0.3, 0.4) is 0 Å². The van der Waals surface area contributed by atoms with Crippen LogP contribution in [0.4, 0.5) is 0 Å². The molecular weight excluding hydrogens is 412 g/mol. The number of nitrogens with zero attached hydrogens (tertiary/aromatic N) is 1. The van der Waals surface area contributed by atoms with Gasteiger partial charge in [-0.1, -0.05) is 12.1 Å². The van der Waals surface area contributed by atoms with E-state index < -0.39 is 5.97 Å². The molecule has 1 atom stereocenters. The Morgan fingerprint density at radius 3 is 2.59 bits per heavy atom. The van der Waals surface area contributed by atoms with E-state index in [-0.39, 0.29) is 41.7 Å². The van der Waals surface area contributed by atoms with Crippen LogP contribution in [0, 0.1) is 0 Å². The molecule has 2 aliphatic heterocycles. The smallest absolute Gasteiger partial charge is 0.340 e. The number of ether oxygens (including phenoxy) is 3. The van der Waals surface area contributed by atoms with Crippen molar-refractivity contribution in [1.82, 2.24) is 10.2 Å². The van der Waals surface area contributed by atoms with Gasteiger partial charge in [-0.15, -0.1) is 0 Å². The maximum Gasteiger partial charge on any atom is 0.340 e. The highest BCUT2D eigenvalue weighted by Gasteiger charge is 2.38. The Morgan fingerprint density at radius 1 is 1.28 bits per heavy atom. The molecule has 0 spiro atoms. The number of hydrogen-bond donors (Lipinski definition) is 1. The van der Waals surface area contributed by atoms with Gasteiger partial charge in [0.25, 0.3) is 11.8 Å². The maximum atomic E-state index is 13.2. The number of methoxy groups -OCH3 is 1. The van der Waals surface area contributed by atoms with Crippen LogP contribution in [0.25, 0.3) is 6.08 Å². The average molecular weight is 443 g/mol. The van der Waals surface area contributed by atoms with Gasteiger partial charge in [0.2, 0.25) is 0 Å². The van der Waals surface area contributed by atoms with Gasteiger partial charge in [-0.05, 0) is 57.4 Å². The quantitative estimate of drug-likeness (QED) is 0.491. The topological polar surface area (TPSA) is 94.2 Å². The predicted octanol–water partition coefficient (Wildman–Crippen LogP) is 2.44. The van der Waals surface area contributed by atoms with Crippen molar-refractivity contribution in [2.24, 2.45) is 0 Å². The molecule has 0 unspecified atom stereocenters. The molecular formula is C24H30N2O6. The lowest BCUT2D eigenvalue weighted by molar-refractivity contribution is -0.136. The molecule has 0 bridgehead atoms. The Balaban J connectivity index is 1.77. The van der Waals surface area contributed by atoms with Crippen molar-refractivity contribution in [3.63, 3.8) is 0 Å². The molecule has 0 aliphatic carbocycles. The minimum atomic E-state index is -0.548. The maximum absolute atomic E-state index is 13.2. The average Bonchev–Trinajstić information content (AvgIpc) is 3.35. The first-order chi connectivity index (χ1) is 15.3. The molecule has 1 aromatic carbocycles. The number of rotatable bonds is 8. The fourth-order valence-electron chi connectivity index (χ4n) is 3.78. The summed E-state index contributed by atoms with van der Waals surface area (Å²) in [5.74, 6) is -0.460. The second kappa shape index (κ2) is 10.5. The van der Waals surface area contributed by atoms with Gasteiger partial charge >= 0.3 is 5.97 Å². The van der Waals surface area contributed by atoms with Crippen LogP contribution in [-0.2, 0) is 23.9 Å². The van der Waals surface area contributed by atoms with E-state index in [1.54, 1.807) is 42.2 Å². The van der Waals surface area contributed by atoms with Gasteiger partial charge in [-0.25, -0.2) is 4.79 Å². The van der Waals surface area contributed by atoms with Crippen molar-refractivity contribution >= 4 is 23.9 Å². The summed E-state index contributed by atoms with van der Waals surface area (Å²) in [6, 6.07) is 7.01. The molecule has 0 saturated carbocycles. The highest BCUT2D eigenvalue weighted by molar-refractivity contribution is 6.16. The Morgan fingerprint density at radius 2 is 2.00 bits per heavy atom. The molecule has 1 N–H and O–H groups in total. The largest absolute Gasteiger partial charge is 0.484 e. The molecule has 2 aliphatic rings. The molecule has 8 nitrogen and oxygen atoms in total. The van der Waals surface area contributed by atoms with Gasteiger partial charge in [0.15, 0.2) is 6.61 Å². The number of carbonyl (C=O) groups excluding carboxylic acids is 3. The predicted molar refractivity (Wildman–Crippen MR) is 119 cm³/mol. The third-order valence-electron chi connectivity index (χ3n) is 5.32. The standard InChI is InChI=1S/C24H30N2O6/c1-15(2)25-21(27)14-32-18-9-7-17(8-10-18)12-20-22(24(29)30-4)16(3)26(23(20)28)13-19-6-5-11-31-19/h7-10,12,15,19H,5-6,11,13-14H2,1-4H3,(H,25,27)/b20-12-/t19-/m1/s1. The minimum absolute atomic E-state index is 0.0310. The van der Waals surface area contributed by atoms with Crippen molar-refractivity contribution < 1.29 is 28.6 Å². The third kappa shape index (κ3) is 5.56. The normalized spacial score (nSPS) is 19.8. The molecule has 3 rings (SSSR count). The second-order valence-corrected chi connectivity index (χ2v) is 8.14. The number of hydrogen-bond acceptors (Lipinski definition) is 6. The zero-order chi connectivity index (χ0) is 23.3. The Hall–Kier alpha value is -3.13. The van der Waals surface area contributed by atoms with Gasteiger partial charge < -0.3 is 24.4 Å². The minimum Gasteiger partial charge on any atom is -0.484 e. The van der Waals surface area contributed by atoms with Gasteiger partial charge in [0, 0.05) is 18.3 Å². The van der Waals surface area contributed by atoms with Crippen molar-refractivity contribution in [3.8, 4) is 5.75 Å². The Labute approximate surface area is 188 Å². The van der Waals surface area contributed by atoms with E-state index in [1.165, 1.54) is 7.11 Å². The summed E-state index contributed by atoms with van der Waals surface area (Å²) >= 11 is 0. The molecule has 1 aromatic rings. The molecule has 8 heteroatoms. The van der Waals surface area contributed by atoms with E-state index in [1.807, 2.05) is 13.8 Å². The van der Waals surface area contributed by atoms with Crippen LogP contribution in [0.5, 0.6) is 5.75 Å². The first-order valence-electron chi connectivity index (χ1n) is 10.8. The van der Waals surface area contributed by atoms with Crippen molar-refractivity contribution in [3.05, 3.63) is 46.7 Å². The summed E-state index contributed by atoms with van der Waals surface area (Å²) in [6.45, 7) is 6.53. The molecule has 1 saturated heterocycles. The van der Waals surface area contributed by atoms with Gasteiger partial charge in [0.1, 0.15) is 5.75 Å². The van der Waals surface area contributed by atoms with Crippen molar-refractivity contribution in [1.29, 1.82) is 0 Å². The molecule has 1 fully saturated rings. The monoisotopic (exact) mass is 442 g/mol. The van der Waals surface area contributed by atoms with Crippen LogP contribution < -0.4 is 10.1 Å². The number of carbonyl (C=O) groups is 3. The summed E-state index contributed by atoms with van der Waals surface area (Å²) in [6.07, 6.45) is 3.50. The molecule has 172 valence electrons. The van der Waals surface area contributed by atoms with Crippen molar-refractivity contribution in [2.75, 3.05) is 26.9 Å². The van der Waals surface area contributed by atoms with E-state index in [0.29, 0.717) is 24.6 Å². The van der Waals surface area contributed by atoms with E-state index >= 15 is 0 Å². The van der Waals surface area contributed by atoms with E-state index in [2.05, 4.69) is 5.32 Å². The lowest BCUT2D eigenvalue weighted by Crippen LogP contribution is -2.34. The molecule has 0 aromatic heterocycles. The summed E-state index contributed by atoms with van der Waals surface area (Å²) in [7, 11) is 1.30. The van der Waals surface area contributed by atoms with Gasteiger partial charge in [0.05, 0.1) is 30.9 Å². The number of benzene rings is 1. The highest BCUT2D eigenvalue weighted by atomic mass is 16.5. The van der Waals surface area contributed by atoms with Crippen LogP contribution in [0.15, 0.2) is 41.1 Å². The lowest BCUT2D eigenvalue weighted by Gasteiger charge is -2.21. The van der Waals surface area contributed by atoms with E-state index in [9.17, 15) is 14.4 Å². The number of allylic oxidation sites excluding steroid dienone is 1. The summed E-state index contributed by atoms with van der Waals surface area (Å²) in [4.78, 5) is 38.9. The summed E-state index contributed by atoms with van der Waals surface area (Å²) < 4.78 is 16.1. The Bertz CT molecular complexity index is 926. The summed E-state index contributed by atoms with van der Waals surface area (Å²) in [5, 5.41) is 2.76. The molecule has 2 amide bonds. The number of nitrogens with one attached hydrogen (secondary N) is 1. The third-order valence-corrected chi connectivity index (χ3v) is 5.32. The first kappa shape index (κ1) is 23.5. The summed E-state index contributed by atoms with van der Waals surface area (Å²) in [5.41, 5.74) is 1.85. The SMILES string of the molecule is COC(=O)C1=C(C)N(C[C@H]2CCCO2)C(=O)/C1=C\c1ccc(OCC(=O)NC(C)C)cc1. The number of amides is 2. The fourth-order valence-corrected chi connectivity index (χ4v) is 3.78. The molecule has 2 heterocycles. The van der Waals surface area contributed by atoms with Gasteiger partial charge in [-0.2, -0.15) is 0 Å². The highest BCUT2D eigenvalue weighted by Crippen LogP contribution is 2.33. The Kier molecular flexibility index (Phi) is 7.69. The zero-order valence-electron chi connectivity index (χ0n) is 19.0. The van der Waals surface area contributed by atoms with Crippen LogP contribution in [0.1, 0.15) is 39.2 Å². The zero-order valence-corrected chi connectivity index (χ0v) is 19.0. The van der Waals surface area contributed by atoms with E-state index in [4.69, 9.17) is 14.2 Å². The van der Waals surface area contributed by atoms with Crippen LogP contribution >= 0.6 is 0 Å². The lowest BCUT2D eigenvalue weighted by atomic mass is 10.0. The van der Waals surface area contributed by atoms with Crippen LogP contribution in [0.2, 0.25) is 0 Å².